The average molecular weight is 380 g/mol. The van der Waals surface area contributed by atoms with Crippen molar-refractivity contribution in [2.24, 2.45) is 0 Å². The standard InChI is InChI=1S/C21H20N2O3S/c1-25-15-7-8-19(26-2)14(11-15)12-23-20(24)13-27-21(23)17-9-10-22-18-6-4-3-5-16(17)18/h3-11,21H,12-13H2,1-2H3. The summed E-state index contributed by atoms with van der Waals surface area (Å²) in [5.41, 5.74) is 2.98. The maximum Gasteiger partial charge on any atom is 0.234 e. The van der Waals surface area contributed by atoms with Gasteiger partial charge in [0.25, 0.3) is 0 Å². The van der Waals surface area contributed by atoms with Gasteiger partial charge < -0.3 is 14.4 Å². The molecule has 4 rings (SSSR count). The smallest absolute Gasteiger partial charge is 0.234 e. The minimum Gasteiger partial charge on any atom is -0.497 e. The molecule has 1 atom stereocenters. The topological polar surface area (TPSA) is 51.7 Å². The summed E-state index contributed by atoms with van der Waals surface area (Å²) in [4.78, 5) is 19.0. The molecule has 27 heavy (non-hydrogen) atoms. The third kappa shape index (κ3) is 3.32. The SMILES string of the molecule is COc1ccc(OC)c(CN2C(=O)CSC2c2ccnc3ccccc23)c1. The minimum absolute atomic E-state index is 0.0543. The molecule has 1 unspecified atom stereocenters. The fourth-order valence-electron chi connectivity index (χ4n) is 3.40. The molecule has 0 aliphatic carbocycles. The zero-order chi connectivity index (χ0) is 18.8. The molecule has 138 valence electrons. The van der Waals surface area contributed by atoms with Crippen molar-refractivity contribution < 1.29 is 14.3 Å². The second-order valence-electron chi connectivity index (χ2n) is 6.28. The summed E-state index contributed by atoms with van der Waals surface area (Å²) < 4.78 is 10.8. The van der Waals surface area contributed by atoms with Crippen LogP contribution in [0.4, 0.5) is 0 Å². The summed E-state index contributed by atoms with van der Waals surface area (Å²) in [5.74, 6) is 2.08. The number of nitrogens with zero attached hydrogens (tertiary/aromatic N) is 2. The van der Waals surface area contributed by atoms with Crippen molar-refractivity contribution >= 4 is 28.6 Å². The lowest BCUT2D eigenvalue weighted by atomic mass is 10.1. The van der Waals surface area contributed by atoms with Crippen molar-refractivity contribution in [2.45, 2.75) is 11.9 Å². The van der Waals surface area contributed by atoms with Gasteiger partial charge in [-0.3, -0.25) is 9.78 Å². The van der Waals surface area contributed by atoms with Gasteiger partial charge in [0.15, 0.2) is 0 Å². The molecule has 5 nitrogen and oxygen atoms in total. The highest BCUT2D eigenvalue weighted by molar-refractivity contribution is 8.00. The first-order valence-electron chi connectivity index (χ1n) is 8.67. The van der Waals surface area contributed by atoms with Crippen LogP contribution in [0.3, 0.4) is 0 Å². The molecule has 1 aliphatic rings. The number of hydrogen-bond acceptors (Lipinski definition) is 5. The lowest BCUT2D eigenvalue weighted by Crippen LogP contribution is -2.28. The molecule has 2 heterocycles. The molecule has 1 aliphatic heterocycles. The van der Waals surface area contributed by atoms with Gasteiger partial charge in [-0.1, -0.05) is 18.2 Å². The van der Waals surface area contributed by atoms with Crippen LogP contribution in [-0.4, -0.2) is 35.8 Å². The third-order valence-electron chi connectivity index (χ3n) is 4.75. The minimum atomic E-state index is -0.0543. The molecule has 3 aromatic rings. The van der Waals surface area contributed by atoms with Crippen molar-refractivity contribution in [1.29, 1.82) is 0 Å². The van der Waals surface area contributed by atoms with Gasteiger partial charge in [-0.15, -0.1) is 11.8 Å². The molecule has 6 heteroatoms. The van der Waals surface area contributed by atoms with Crippen LogP contribution in [0.15, 0.2) is 54.7 Å². The highest BCUT2D eigenvalue weighted by Gasteiger charge is 2.34. The van der Waals surface area contributed by atoms with Gasteiger partial charge in [-0.2, -0.15) is 0 Å². The van der Waals surface area contributed by atoms with E-state index in [9.17, 15) is 4.79 Å². The molecule has 0 radical (unpaired) electrons. The molecule has 0 spiro atoms. The van der Waals surface area contributed by atoms with Gasteiger partial charge in [0.1, 0.15) is 16.9 Å². The van der Waals surface area contributed by atoms with E-state index < -0.39 is 0 Å². The number of amides is 1. The molecule has 1 amide bonds. The van der Waals surface area contributed by atoms with Gasteiger partial charge >= 0.3 is 0 Å². The predicted molar refractivity (Wildman–Crippen MR) is 107 cm³/mol. The number of ether oxygens (including phenoxy) is 2. The van der Waals surface area contributed by atoms with E-state index in [-0.39, 0.29) is 11.3 Å². The lowest BCUT2D eigenvalue weighted by Gasteiger charge is -2.26. The van der Waals surface area contributed by atoms with E-state index in [4.69, 9.17) is 9.47 Å². The fourth-order valence-corrected chi connectivity index (χ4v) is 4.63. The normalized spacial score (nSPS) is 16.7. The molecule has 1 fully saturated rings. The van der Waals surface area contributed by atoms with Crippen molar-refractivity contribution in [3.8, 4) is 11.5 Å². The second-order valence-corrected chi connectivity index (χ2v) is 7.35. The second kappa shape index (κ2) is 7.48. The number of para-hydroxylation sites is 1. The first kappa shape index (κ1) is 17.7. The first-order valence-corrected chi connectivity index (χ1v) is 9.72. The molecule has 0 N–H and O–H groups in total. The number of rotatable bonds is 5. The Bertz CT molecular complexity index is 987. The Balaban J connectivity index is 1.72. The molecule has 1 saturated heterocycles. The van der Waals surface area contributed by atoms with E-state index in [0.29, 0.717) is 12.3 Å². The molecule has 1 aromatic heterocycles. The summed E-state index contributed by atoms with van der Waals surface area (Å²) >= 11 is 1.65. The number of benzene rings is 2. The molecular weight excluding hydrogens is 360 g/mol. The van der Waals surface area contributed by atoms with E-state index in [1.54, 1.807) is 26.0 Å². The van der Waals surface area contributed by atoms with Crippen molar-refractivity contribution in [1.82, 2.24) is 9.88 Å². The van der Waals surface area contributed by atoms with Crippen molar-refractivity contribution in [3.63, 3.8) is 0 Å². The van der Waals surface area contributed by atoms with Crippen LogP contribution < -0.4 is 9.47 Å². The van der Waals surface area contributed by atoms with Crippen LogP contribution in [0.2, 0.25) is 0 Å². The van der Waals surface area contributed by atoms with Gasteiger partial charge in [-0.25, -0.2) is 0 Å². The fraction of sp³-hybridized carbons (Fsp3) is 0.238. The number of fused-ring (bicyclic) bond motifs is 1. The van der Waals surface area contributed by atoms with Crippen LogP contribution in [-0.2, 0) is 11.3 Å². The summed E-state index contributed by atoms with van der Waals surface area (Å²) in [5, 5.41) is 1.02. The van der Waals surface area contributed by atoms with E-state index in [2.05, 4.69) is 11.1 Å². The zero-order valence-corrected chi connectivity index (χ0v) is 16.0. The Morgan fingerprint density at radius 2 is 2.00 bits per heavy atom. The largest absolute Gasteiger partial charge is 0.497 e. The van der Waals surface area contributed by atoms with E-state index in [1.807, 2.05) is 53.6 Å². The number of hydrogen-bond donors (Lipinski definition) is 0. The maximum absolute atomic E-state index is 12.7. The van der Waals surface area contributed by atoms with E-state index >= 15 is 0 Å². The van der Waals surface area contributed by atoms with Gasteiger partial charge in [0.2, 0.25) is 5.91 Å². The quantitative estimate of drug-likeness (QED) is 0.669. The van der Waals surface area contributed by atoms with Crippen LogP contribution in [0.25, 0.3) is 10.9 Å². The highest BCUT2D eigenvalue weighted by atomic mass is 32.2. The highest BCUT2D eigenvalue weighted by Crippen LogP contribution is 2.42. The Morgan fingerprint density at radius 1 is 1.15 bits per heavy atom. The number of carbonyl (C=O) groups is 1. The Labute approximate surface area is 162 Å². The maximum atomic E-state index is 12.7. The summed E-state index contributed by atoms with van der Waals surface area (Å²) in [6.45, 7) is 0.466. The van der Waals surface area contributed by atoms with Crippen LogP contribution in [0, 0.1) is 0 Å². The Hall–Kier alpha value is -2.73. The van der Waals surface area contributed by atoms with Crippen LogP contribution in [0.5, 0.6) is 11.5 Å². The van der Waals surface area contributed by atoms with Crippen LogP contribution >= 0.6 is 11.8 Å². The summed E-state index contributed by atoms with van der Waals surface area (Å²) in [6, 6.07) is 15.7. The van der Waals surface area contributed by atoms with Gasteiger partial charge in [-0.05, 0) is 35.9 Å². The molecule has 2 aromatic carbocycles. The van der Waals surface area contributed by atoms with Crippen molar-refractivity contribution in [2.75, 3.05) is 20.0 Å². The Morgan fingerprint density at radius 3 is 2.81 bits per heavy atom. The average Bonchev–Trinajstić information content (AvgIpc) is 3.07. The number of aromatic nitrogens is 1. The number of pyridine rings is 1. The molecular formula is C21H20N2O3S. The third-order valence-corrected chi connectivity index (χ3v) is 5.98. The monoisotopic (exact) mass is 380 g/mol. The zero-order valence-electron chi connectivity index (χ0n) is 15.2. The van der Waals surface area contributed by atoms with Crippen LogP contribution in [0.1, 0.15) is 16.5 Å². The number of carbonyl (C=O) groups excluding carboxylic acids is 1. The summed E-state index contributed by atoms with van der Waals surface area (Å²) in [6.07, 6.45) is 1.81. The lowest BCUT2D eigenvalue weighted by molar-refractivity contribution is -0.128. The van der Waals surface area contributed by atoms with E-state index in [0.717, 1.165) is 33.5 Å². The Kier molecular flexibility index (Phi) is 4.90. The van der Waals surface area contributed by atoms with Gasteiger partial charge in [0.05, 0.1) is 32.0 Å². The van der Waals surface area contributed by atoms with Crippen molar-refractivity contribution in [3.05, 3.63) is 65.9 Å². The molecule has 0 bridgehead atoms. The summed E-state index contributed by atoms with van der Waals surface area (Å²) in [7, 11) is 3.27. The predicted octanol–water partition coefficient (Wildman–Crippen LogP) is 4.03. The number of methoxy groups -OCH3 is 2. The van der Waals surface area contributed by atoms with Gasteiger partial charge in [0, 0.05) is 17.1 Å². The first-order chi connectivity index (χ1) is 13.2. The molecule has 0 saturated carbocycles. The van der Waals surface area contributed by atoms with E-state index in [1.165, 1.54) is 0 Å². The number of thioether (sulfide) groups is 1.